The van der Waals surface area contributed by atoms with E-state index in [0.717, 1.165) is 13.0 Å². The molecule has 0 rings (SSSR count). The van der Waals surface area contributed by atoms with Crippen LogP contribution in [-0.4, -0.2) is 42.3 Å². The van der Waals surface area contributed by atoms with Gasteiger partial charge in [-0.15, -0.1) is 0 Å². The van der Waals surface area contributed by atoms with Gasteiger partial charge in [-0.05, 0) is 33.1 Å². The van der Waals surface area contributed by atoms with Crippen LogP contribution in [0.5, 0.6) is 0 Å². The second-order valence-corrected chi connectivity index (χ2v) is 3.31. The van der Waals surface area contributed by atoms with Crippen molar-refractivity contribution >= 4 is 18.7 Å². The molecule has 0 aliphatic heterocycles. The Morgan fingerprint density at radius 2 is 2.08 bits per heavy atom. The average molecular weight is 188 g/mol. The Balaban J connectivity index is 3.50. The van der Waals surface area contributed by atoms with Crippen molar-refractivity contribution in [3.63, 3.8) is 0 Å². The zero-order valence-corrected chi connectivity index (χ0v) is 8.55. The van der Waals surface area contributed by atoms with E-state index in [2.05, 4.69) is 24.3 Å². The van der Waals surface area contributed by atoms with Crippen molar-refractivity contribution in [1.82, 2.24) is 9.21 Å². The third kappa shape index (κ3) is 5.21. The lowest BCUT2D eigenvalue weighted by atomic mass is 10.4. The molecule has 3 nitrogen and oxygen atoms in total. The molecule has 0 saturated heterocycles. The fourth-order valence-electron chi connectivity index (χ4n) is 0.752. The summed E-state index contributed by atoms with van der Waals surface area (Å²) in [4.78, 5) is 13.0. The molecule has 0 aromatic rings. The molecule has 0 aromatic heterocycles. The van der Waals surface area contributed by atoms with Gasteiger partial charge in [-0.2, -0.15) is 0 Å². The van der Waals surface area contributed by atoms with Gasteiger partial charge in [-0.25, -0.2) is 0 Å². The first-order valence-corrected chi connectivity index (χ1v) is 4.25. The van der Waals surface area contributed by atoms with Gasteiger partial charge in [0.1, 0.15) is 0 Å². The first kappa shape index (κ1) is 11.5. The molecule has 0 N–H and O–H groups in total. The van der Waals surface area contributed by atoms with Gasteiger partial charge in [0.25, 0.3) is 5.91 Å². The highest BCUT2D eigenvalue weighted by atomic mass is 32.1. The number of thiol groups is 1. The van der Waals surface area contributed by atoms with E-state index in [9.17, 15) is 4.79 Å². The lowest BCUT2D eigenvalue weighted by Crippen LogP contribution is -2.24. The standard InChI is InChI=1S/C8H16N2OS/c1-4-8(11)10(12)7-5-6-9(2)3/h4,12H,1,5-7H2,2-3H3. The normalized spacial score (nSPS) is 10.0. The molecular weight excluding hydrogens is 172 g/mol. The van der Waals surface area contributed by atoms with E-state index in [1.54, 1.807) is 0 Å². The van der Waals surface area contributed by atoms with Crippen LogP contribution in [0.15, 0.2) is 12.7 Å². The highest BCUT2D eigenvalue weighted by Gasteiger charge is 2.03. The van der Waals surface area contributed by atoms with Crippen LogP contribution < -0.4 is 0 Å². The minimum absolute atomic E-state index is 0.142. The van der Waals surface area contributed by atoms with E-state index in [1.165, 1.54) is 10.4 Å². The molecule has 0 aromatic carbocycles. The summed E-state index contributed by atoms with van der Waals surface area (Å²) in [6, 6.07) is 0. The van der Waals surface area contributed by atoms with Crippen LogP contribution in [-0.2, 0) is 4.79 Å². The molecular formula is C8H16N2OS. The molecule has 0 heterocycles. The monoisotopic (exact) mass is 188 g/mol. The summed E-state index contributed by atoms with van der Waals surface area (Å²) < 4.78 is 1.37. The summed E-state index contributed by atoms with van der Waals surface area (Å²) in [5.41, 5.74) is 0. The van der Waals surface area contributed by atoms with Crippen LogP contribution >= 0.6 is 12.8 Å². The van der Waals surface area contributed by atoms with E-state index in [0.29, 0.717) is 6.54 Å². The first-order valence-electron chi connectivity index (χ1n) is 3.85. The van der Waals surface area contributed by atoms with Crippen LogP contribution in [0.2, 0.25) is 0 Å². The van der Waals surface area contributed by atoms with Crippen molar-refractivity contribution in [3.05, 3.63) is 12.7 Å². The number of carbonyl (C=O) groups is 1. The zero-order valence-electron chi connectivity index (χ0n) is 7.66. The summed E-state index contributed by atoms with van der Waals surface area (Å²) in [6.07, 6.45) is 2.19. The van der Waals surface area contributed by atoms with Gasteiger partial charge in [-0.1, -0.05) is 19.4 Å². The highest BCUT2D eigenvalue weighted by molar-refractivity contribution is 7.78. The number of carbonyl (C=O) groups excluding carboxylic acids is 1. The largest absolute Gasteiger partial charge is 0.309 e. The molecule has 0 radical (unpaired) electrons. The number of nitrogens with zero attached hydrogens (tertiary/aromatic N) is 2. The van der Waals surface area contributed by atoms with Gasteiger partial charge in [0, 0.05) is 6.54 Å². The molecule has 0 atom stereocenters. The quantitative estimate of drug-likeness (QED) is 0.509. The van der Waals surface area contributed by atoms with Crippen molar-refractivity contribution in [2.24, 2.45) is 0 Å². The van der Waals surface area contributed by atoms with Crippen molar-refractivity contribution in [2.45, 2.75) is 6.42 Å². The number of rotatable bonds is 5. The van der Waals surface area contributed by atoms with E-state index >= 15 is 0 Å². The first-order chi connectivity index (χ1) is 5.57. The lowest BCUT2D eigenvalue weighted by molar-refractivity contribution is -0.121. The Morgan fingerprint density at radius 3 is 2.50 bits per heavy atom. The molecule has 0 unspecified atom stereocenters. The minimum atomic E-state index is -0.142. The third-order valence-corrected chi connectivity index (χ3v) is 1.80. The summed E-state index contributed by atoms with van der Waals surface area (Å²) in [5, 5.41) is 0. The summed E-state index contributed by atoms with van der Waals surface area (Å²) >= 11 is 4.00. The molecule has 0 aliphatic rings. The number of amides is 1. The fourth-order valence-corrected chi connectivity index (χ4v) is 0.975. The maximum atomic E-state index is 10.9. The molecule has 4 heteroatoms. The van der Waals surface area contributed by atoms with E-state index in [-0.39, 0.29) is 5.91 Å². The summed E-state index contributed by atoms with van der Waals surface area (Å²) in [7, 11) is 4.00. The Hall–Kier alpha value is -0.480. The van der Waals surface area contributed by atoms with Crippen LogP contribution in [0.3, 0.4) is 0 Å². The third-order valence-electron chi connectivity index (χ3n) is 1.40. The topological polar surface area (TPSA) is 23.6 Å². The minimum Gasteiger partial charge on any atom is -0.309 e. The van der Waals surface area contributed by atoms with Crippen LogP contribution in [0.4, 0.5) is 0 Å². The van der Waals surface area contributed by atoms with Crippen LogP contribution in [0.25, 0.3) is 0 Å². The Kier molecular flexibility index (Phi) is 5.84. The van der Waals surface area contributed by atoms with Gasteiger partial charge < -0.3 is 4.90 Å². The Bertz CT molecular complexity index is 159. The van der Waals surface area contributed by atoms with Crippen molar-refractivity contribution in [1.29, 1.82) is 0 Å². The molecule has 12 heavy (non-hydrogen) atoms. The second kappa shape index (κ2) is 6.08. The SMILES string of the molecule is C=CC(=O)N(S)CCCN(C)C. The van der Waals surface area contributed by atoms with E-state index < -0.39 is 0 Å². The molecule has 0 bridgehead atoms. The molecule has 1 amide bonds. The van der Waals surface area contributed by atoms with Gasteiger partial charge in [0.2, 0.25) is 0 Å². The molecule has 0 fully saturated rings. The van der Waals surface area contributed by atoms with Crippen molar-refractivity contribution < 1.29 is 4.79 Å². The average Bonchev–Trinajstić information content (AvgIpc) is 2.02. The second-order valence-electron chi connectivity index (χ2n) is 2.82. The zero-order chi connectivity index (χ0) is 9.56. The van der Waals surface area contributed by atoms with Crippen molar-refractivity contribution in [2.75, 3.05) is 27.2 Å². The van der Waals surface area contributed by atoms with Gasteiger partial charge in [0.15, 0.2) is 0 Å². The number of hydrogen-bond donors (Lipinski definition) is 1. The predicted octanol–water partition coefficient (Wildman–Crippen LogP) is 0.798. The smallest absolute Gasteiger partial charge is 0.255 e. The summed E-state index contributed by atoms with van der Waals surface area (Å²) in [5.74, 6) is -0.142. The predicted molar refractivity (Wildman–Crippen MR) is 54.1 cm³/mol. The van der Waals surface area contributed by atoms with Crippen molar-refractivity contribution in [3.8, 4) is 0 Å². The van der Waals surface area contributed by atoms with Gasteiger partial charge in [-0.3, -0.25) is 9.10 Å². The van der Waals surface area contributed by atoms with E-state index in [1.807, 2.05) is 14.1 Å². The molecule has 0 aliphatic carbocycles. The Labute approximate surface area is 79.6 Å². The number of hydrogen-bond acceptors (Lipinski definition) is 3. The fraction of sp³-hybridized carbons (Fsp3) is 0.625. The van der Waals surface area contributed by atoms with Crippen LogP contribution in [0, 0.1) is 0 Å². The lowest BCUT2D eigenvalue weighted by Gasteiger charge is -2.15. The van der Waals surface area contributed by atoms with E-state index in [4.69, 9.17) is 0 Å². The maximum absolute atomic E-state index is 10.9. The molecule has 0 spiro atoms. The Morgan fingerprint density at radius 1 is 1.50 bits per heavy atom. The highest BCUT2D eigenvalue weighted by Crippen LogP contribution is 1.97. The van der Waals surface area contributed by atoms with Gasteiger partial charge in [0.05, 0.1) is 0 Å². The van der Waals surface area contributed by atoms with Crippen LogP contribution in [0.1, 0.15) is 6.42 Å². The molecule has 70 valence electrons. The molecule has 0 saturated carbocycles. The summed E-state index contributed by atoms with van der Waals surface area (Å²) in [6.45, 7) is 4.99. The van der Waals surface area contributed by atoms with Gasteiger partial charge >= 0.3 is 0 Å². The maximum Gasteiger partial charge on any atom is 0.255 e.